The van der Waals surface area contributed by atoms with Gasteiger partial charge in [0.05, 0.1) is 51.3 Å². The van der Waals surface area contributed by atoms with E-state index in [1.807, 2.05) is 18.8 Å². The maximum Gasteiger partial charge on any atom is 0.226 e. The number of hydrogen-bond acceptors (Lipinski definition) is 13. The van der Waals surface area contributed by atoms with Gasteiger partial charge in [-0.3, -0.25) is 0 Å². The van der Waals surface area contributed by atoms with Crippen molar-refractivity contribution in [1.82, 2.24) is 9.97 Å². The van der Waals surface area contributed by atoms with Gasteiger partial charge in [0, 0.05) is 48.3 Å². The highest BCUT2D eigenvalue weighted by Gasteiger charge is 2.14. The number of ether oxygens (including phenoxy) is 5. The lowest BCUT2D eigenvalue weighted by atomic mass is 10.1. The minimum atomic E-state index is -0.946. The predicted molar refractivity (Wildman–Crippen MR) is 198 cm³/mol. The number of benzene rings is 1. The molecule has 13 nitrogen and oxygen atoms in total. The van der Waals surface area contributed by atoms with Crippen LogP contribution < -0.4 is 10.6 Å². The molecule has 0 amide bonds. The molecule has 0 saturated heterocycles. The first-order chi connectivity index (χ1) is 23.5. The zero-order valence-electron chi connectivity index (χ0n) is 28.3. The van der Waals surface area contributed by atoms with E-state index in [1.54, 1.807) is 7.11 Å². The Labute approximate surface area is 294 Å². The lowest BCUT2D eigenvalue weighted by Crippen LogP contribution is -2.18. The average molecular weight is 734 g/mol. The van der Waals surface area contributed by atoms with Crippen molar-refractivity contribution in [3.05, 3.63) is 46.2 Å². The fourth-order valence-electron chi connectivity index (χ4n) is 4.16. The molecule has 1 aromatic heterocycles. The molecule has 6 N–H and O–H groups in total. The first kappa shape index (κ1) is 46.0. The minimum Gasteiger partial charge on any atom is -0.400 e. The van der Waals surface area contributed by atoms with Crippen LogP contribution in [0.4, 0.5) is 11.6 Å². The first-order valence-electron chi connectivity index (χ1n) is 15.5. The molecule has 1 heterocycles. The number of terminal acetylenes is 1. The molecule has 0 aliphatic heterocycles. The highest BCUT2D eigenvalue weighted by molar-refractivity contribution is 7.50. The van der Waals surface area contributed by atoms with Crippen molar-refractivity contribution in [2.24, 2.45) is 0 Å². The molecule has 0 spiro atoms. The monoisotopic (exact) mass is 733 g/mol. The summed E-state index contributed by atoms with van der Waals surface area (Å²) in [5, 5.41) is 21.6. The van der Waals surface area contributed by atoms with Gasteiger partial charge in [-0.15, -0.1) is 6.42 Å². The van der Waals surface area contributed by atoms with Gasteiger partial charge in [0.25, 0.3) is 0 Å². The van der Waals surface area contributed by atoms with E-state index < -0.39 is 8.15 Å². The standard InChI is InChI=1S/C31H47ClN5O6P.CH4O.H3OP/c1-4-13-40-15-17-42-19-20-43-18-16-41-14-6-9-25-7-5-8-26(22-25)24-35-30-28(23-33)29(36-31(32)37-30)34-12-10-27(39-2)11-21-44(3)38;2*1-2/h1,5,7-8,22-23,27,33,38H,6,9-21,24H2,2-3H3,(H2,34,35,36,37);2H,1H3;1H,2H2. The number of aryl methyl sites for hydroxylation is 1. The van der Waals surface area contributed by atoms with E-state index in [2.05, 4.69) is 38.7 Å². The summed E-state index contributed by atoms with van der Waals surface area (Å²) in [5.74, 6) is 3.39. The molecule has 0 aliphatic rings. The van der Waals surface area contributed by atoms with Crippen molar-refractivity contribution in [3.63, 3.8) is 0 Å². The van der Waals surface area contributed by atoms with Crippen LogP contribution in [0, 0.1) is 17.8 Å². The molecule has 1 aromatic carbocycles. The molecule has 3 atom stereocenters. The zero-order chi connectivity index (χ0) is 35.8. The van der Waals surface area contributed by atoms with Crippen LogP contribution in [0.3, 0.4) is 0 Å². The van der Waals surface area contributed by atoms with E-state index >= 15 is 0 Å². The molecular weight excluding hydrogens is 680 g/mol. The van der Waals surface area contributed by atoms with Crippen molar-refractivity contribution in [3.8, 4) is 12.3 Å². The van der Waals surface area contributed by atoms with Crippen molar-refractivity contribution in [2.75, 3.05) is 97.1 Å². The highest BCUT2D eigenvalue weighted by Crippen LogP contribution is 2.26. The van der Waals surface area contributed by atoms with Crippen LogP contribution in [-0.4, -0.2) is 124 Å². The van der Waals surface area contributed by atoms with Gasteiger partial charge in [0.1, 0.15) is 18.2 Å². The largest absolute Gasteiger partial charge is 0.400 e. The number of aliphatic hydroxyl groups excluding tert-OH is 1. The molecule has 2 rings (SSSR count). The Morgan fingerprint density at radius 1 is 0.979 bits per heavy atom. The van der Waals surface area contributed by atoms with E-state index in [9.17, 15) is 4.89 Å². The number of aliphatic hydroxyl groups is 1. The van der Waals surface area contributed by atoms with Gasteiger partial charge in [-0.25, -0.2) is 0 Å². The molecule has 16 heteroatoms. The van der Waals surface area contributed by atoms with Crippen LogP contribution in [-0.2, 0) is 36.6 Å². The third-order valence-electron chi connectivity index (χ3n) is 6.44. The topological polar surface area (TPSA) is 181 Å². The minimum absolute atomic E-state index is 0.0261. The molecule has 3 unspecified atom stereocenters. The van der Waals surface area contributed by atoms with Gasteiger partial charge in [-0.2, -0.15) is 9.97 Å². The Morgan fingerprint density at radius 2 is 1.56 bits per heavy atom. The molecule has 0 saturated carbocycles. The lowest BCUT2D eigenvalue weighted by Gasteiger charge is -2.18. The van der Waals surface area contributed by atoms with Gasteiger partial charge in [-0.05, 0) is 70.7 Å². The summed E-state index contributed by atoms with van der Waals surface area (Å²) in [4.78, 5) is 25.2. The third-order valence-corrected chi connectivity index (χ3v) is 7.51. The van der Waals surface area contributed by atoms with E-state index in [0.717, 1.165) is 44.5 Å². The summed E-state index contributed by atoms with van der Waals surface area (Å²) in [5.41, 5.74) is 2.84. The van der Waals surface area contributed by atoms with Crippen molar-refractivity contribution >= 4 is 47.1 Å². The molecule has 0 aliphatic carbocycles. The summed E-state index contributed by atoms with van der Waals surface area (Å²) in [6.07, 6.45) is 10.4. The highest BCUT2D eigenvalue weighted by atomic mass is 35.5. The number of nitrogens with zero attached hydrogens (tertiary/aromatic N) is 2. The van der Waals surface area contributed by atoms with E-state index in [-0.39, 0.29) is 11.4 Å². The van der Waals surface area contributed by atoms with Crippen LogP contribution in [0.1, 0.15) is 36.0 Å². The number of halogens is 1. The zero-order valence-corrected chi connectivity index (χ0v) is 31.1. The summed E-state index contributed by atoms with van der Waals surface area (Å²) in [7, 11) is 3.15. The SMILES string of the molecule is C#CCOCCOCCOCCOCCCc1cccc(CNc2nc(Cl)nc(NCCC(CCP(C)O)OC)c2C=N)c1.CO.OP. The maximum absolute atomic E-state index is 9.61. The summed E-state index contributed by atoms with van der Waals surface area (Å²) in [6, 6.07) is 8.34. The quantitative estimate of drug-likeness (QED) is 0.0270. The summed E-state index contributed by atoms with van der Waals surface area (Å²) in [6.45, 7) is 6.97. The molecule has 0 fully saturated rings. The Balaban J connectivity index is 0.00000531. The average Bonchev–Trinajstić information content (AvgIpc) is 3.10. The van der Waals surface area contributed by atoms with Crippen LogP contribution in [0.15, 0.2) is 24.3 Å². The Morgan fingerprint density at radius 3 is 2.15 bits per heavy atom. The molecule has 0 radical (unpaired) electrons. The summed E-state index contributed by atoms with van der Waals surface area (Å²) < 4.78 is 27.2. The Hall–Kier alpha value is -2.04. The summed E-state index contributed by atoms with van der Waals surface area (Å²) >= 11 is 6.23. The van der Waals surface area contributed by atoms with Gasteiger partial charge in [0.15, 0.2) is 0 Å². The Bertz CT molecular complexity index is 1130. The van der Waals surface area contributed by atoms with Gasteiger partial charge < -0.3 is 54.6 Å². The van der Waals surface area contributed by atoms with Crippen molar-refractivity contribution in [1.29, 1.82) is 5.41 Å². The van der Waals surface area contributed by atoms with Crippen LogP contribution in [0.25, 0.3) is 0 Å². The molecule has 0 bridgehead atoms. The van der Waals surface area contributed by atoms with E-state index in [0.29, 0.717) is 83.1 Å². The van der Waals surface area contributed by atoms with Gasteiger partial charge >= 0.3 is 0 Å². The Kier molecular flexibility index (Phi) is 30.8. The normalized spacial score (nSPS) is 11.6. The molecule has 2 aromatic rings. The number of methoxy groups -OCH3 is 1. The number of hydrogen-bond donors (Lipinski definition) is 6. The number of rotatable bonds is 26. The maximum atomic E-state index is 9.61. The van der Waals surface area contributed by atoms with Crippen LogP contribution >= 0.6 is 29.2 Å². The van der Waals surface area contributed by atoms with Gasteiger partial charge in [-0.1, -0.05) is 30.2 Å². The van der Waals surface area contributed by atoms with Crippen molar-refractivity contribution < 1.29 is 38.6 Å². The van der Waals surface area contributed by atoms with E-state index in [4.69, 9.17) is 57.1 Å². The van der Waals surface area contributed by atoms with Crippen LogP contribution in [0.5, 0.6) is 0 Å². The molecule has 48 heavy (non-hydrogen) atoms. The second kappa shape index (κ2) is 32.2. The lowest BCUT2D eigenvalue weighted by molar-refractivity contribution is 0.00110. The van der Waals surface area contributed by atoms with Crippen LogP contribution in [0.2, 0.25) is 5.28 Å². The molecule has 272 valence electrons. The third kappa shape index (κ3) is 22.6. The number of nitrogens with one attached hydrogen (secondary N) is 3. The second-order valence-corrected chi connectivity index (χ2v) is 12.0. The number of aromatic nitrogens is 2. The first-order valence-corrected chi connectivity index (χ1v) is 18.3. The smallest absolute Gasteiger partial charge is 0.226 e. The second-order valence-electron chi connectivity index (χ2n) is 9.86. The predicted octanol–water partition coefficient (Wildman–Crippen LogP) is 3.98. The van der Waals surface area contributed by atoms with Crippen molar-refractivity contribution in [2.45, 2.75) is 38.3 Å². The molecular formula is C32H54ClN5O8P2. The fraction of sp³-hybridized carbons (Fsp3) is 0.594. The number of anilines is 2. The van der Waals surface area contributed by atoms with E-state index in [1.165, 1.54) is 21.2 Å². The fourth-order valence-corrected chi connectivity index (χ4v) is 4.99. The van der Waals surface area contributed by atoms with Gasteiger partial charge in [0.2, 0.25) is 5.28 Å².